The highest BCUT2D eigenvalue weighted by atomic mass is 32.2. The Labute approximate surface area is 139 Å². The molecule has 126 valence electrons. The van der Waals surface area contributed by atoms with Gasteiger partial charge in [0, 0.05) is 30.6 Å². The normalized spacial score (nSPS) is 18.5. The number of piperidine rings is 1. The van der Waals surface area contributed by atoms with Crippen LogP contribution in [-0.4, -0.2) is 43.8 Å². The highest BCUT2D eigenvalue weighted by molar-refractivity contribution is 7.88. The molecule has 9 heteroatoms. The molecule has 1 aliphatic heterocycles. The zero-order valence-electron chi connectivity index (χ0n) is 13.0. The minimum absolute atomic E-state index is 0.0682. The fourth-order valence-corrected chi connectivity index (χ4v) is 3.77. The number of nitrogens with one attached hydrogen (secondary N) is 1. The van der Waals surface area contributed by atoms with Crippen LogP contribution < -0.4 is 9.62 Å². The van der Waals surface area contributed by atoms with Crippen molar-refractivity contribution in [1.82, 2.24) is 14.7 Å². The minimum Gasteiger partial charge on any atom is -0.354 e. The maximum absolute atomic E-state index is 13.8. The van der Waals surface area contributed by atoms with E-state index in [-0.39, 0.29) is 11.6 Å². The molecule has 1 atom stereocenters. The molecule has 3 rings (SSSR count). The molecule has 7 nitrogen and oxygen atoms in total. The van der Waals surface area contributed by atoms with Crippen LogP contribution in [0.15, 0.2) is 18.5 Å². The second-order valence-electron chi connectivity index (χ2n) is 5.83. The highest BCUT2D eigenvalue weighted by Gasteiger charge is 2.24. The molecule has 0 spiro atoms. The third-order valence-electron chi connectivity index (χ3n) is 3.93. The molecule has 1 N–H and O–H groups in total. The summed E-state index contributed by atoms with van der Waals surface area (Å²) in [5, 5.41) is 9.61. The molecule has 1 aromatic carbocycles. The molecular formula is C15H16FN5O2S. The molecule has 0 radical (unpaired) electrons. The van der Waals surface area contributed by atoms with Crippen molar-refractivity contribution in [3.05, 3.63) is 29.8 Å². The van der Waals surface area contributed by atoms with Gasteiger partial charge in [0.1, 0.15) is 24.0 Å². The zero-order chi connectivity index (χ0) is 17.3. The SMILES string of the molecule is CS(=O)(=O)NC1CCCN(c2ncnc3cc(F)c(C#N)cc23)C1. The molecule has 1 fully saturated rings. The summed E-state index contributed by atoms with van der Waals surface area (Å²) in [6, 6.07) is 4.26. The Hall–Kier alpha value is -2.31. The van der Waals surface area contributed by atoms with Gasteiger partial charge in [0.05, 0.1) is 17.3 Å². The lowest BCUT2D eigenvalue weighted by Crippen LogP contribution is -2.47. The van der Waals surface area contributed by atoms with Crippen molar-refractivity contribution < 1.29 is 12.8 Å². The maximum Gasteiger partial charge on any atom is 0.209 e. The van der Waals surface area contributed by atoms with Gasteiger partial charge in [-0.1, -0.05) is 0 Å². The van der Waals surface area contributed by atoms with Crippen molar-refractivity contribution in [2.75, 3.05) is 24.2 Å². The number of nitrogens with zero attached hydrogens (tertiary/aromatic N) is 4. The molecule has 0 bridgehead atoms. The van der Waals surface area contributed by atoms with Gasteiger partial charge in [0.2, 0.25) is 10.0 Å². The largest absolute Gasteiger partial charge is 0.354 e. The fraction of sp³-hybridized carbons (Fsp3) is 0.400. The minimum atomic E-state index is -3.29. The lowest BCUT2D eigenvalue weighted by atomic mass is 10.1. The number of fused-ring (bicyclic) bond motifs is 1. The second kappa shape index (κ2) is 6.30. The molecular weight excluding hydrogens is 333 g/mol. The van der Waals surface area contributed by atoms with Crippen LogP contribution in [0.25, 0.3) is 10.9 Å². The number of nitriles is 1. The summed E-state index contributed by atoms with van der Waals surface area (Å²) >= 11 is 0. The van der Waals surface area contributed by atoms with Crippen LogP contribution in [0.5, 0.6) is 0 Å². The van der Waals surface area contributed by atoms with Gasteiger partial charge in [0.25, 0.3) is 0 Å². The molecule has 0 saturated carbocycles. The van der Waals surface area contributed by atoms with E-state index in [9.17, 15) is 12.8 Å². The number of halogens is 1. The van der Waals surface area contributed by atoms with E-state index in [1.165, 1.54) is 18.5 Å². The Bertz CT molecular complexity index is 925. The van der Waals surface area contributed by atoms with Crippen LogP contribution in [0.3, 0.4) is 0 Å². The van der Waals surface area contributed by atoms with Crippen molar-refractivity contribution in [1.29, 1.82) is 5.26 Å². The molecule has 24 heavy (non-hydrogen) atoms. The van der Waals surface area contributed by atoms with E-state index in [2.05, 4.69) is 14.7 Å². The third-order valence-corrected chi connectivity index (χ3v) is 4.69. The first-order chi connectivity index (χ1) is 11.4. The van der Waals surface area contributed by atoms with Crippen LogP contribution in [-0.2, 0) is 10.0 Å². The van der Waals surface area contributed by atoms with Crippen molar-refractivity contribution in [3.8, 4) is 6.07 Å². The molecule has 0 aliphatic carbocycles. The summed E-state index contributed by atoms with van der Waals surface area (Å²) in [6.07, 6.45) is 4.01. The lowest BCUT2D eigenvalue weighted by Gasteiger charge is -2.34. The first-order valence-electron chi connectivity index (χ1n) is 7.44. The van der Waals surface area contributed by atoms with Gasteiger partial charge < -0.3 is 4.90 Å². The van der Waals surface area contributed by atoms with Crippen molar-refractivity contribution in [3.63, 3.8) is 0 Å². The Morgan fingerprint density at radius 2 is 2.21 bits per heavy atom. The standard InChI is InChI=1S/C15H16FN5O2S/c1-24(22,23)20-11-3-2-4-21(8-11)15-12-5-10(7-17)13(16)6-14(12)18-9-19-15/h5-6,9,11,20H,2-4,8H2,1H3. The summed E-state index contributed by atoms with van der Waals surface area (Å²) < 4.78 is 39.3. The smallest absolute Gasteiger partial charge is 0.209 e. The van der Waals surface area contributed by atoms with Gasteiger partial charge in [-0.3, -0.25) is 0 Å². The van der Waals surface area contributed by atoms with Crippen molar-refractivity contribution >= 4 is 26.7 Å². The molecule has 1 aliphatic rings. The Balaban J connectivity index is 1.98. The molecule has 0 amide bonds. The van der Waals surface area contributed by atoms with Gasteiger partial charge in [-0.15, -0.1) is 0 Å². The summed E-state index contributed by atoms with van der Waals surface area (Å²) in [5.41, 5.74) is 0.344. The van der Waals surface area contributed by atoms with E-state index in [0.29, 0.717) is 29.8 Å². The third kappa shape index (κ3) is 3.44. The molecule has 2 heterocycles. The van der Waals surface area contributed by atoms with Crippen LogP contribution in [0.1, 0.15) is 18.4 Å². The number of anilines is 1. The number of rotatable bonds is 3. The number of hydrogen-bond acceptors (Lipinski definition) is 6. The summed E-state index contributed by atoms with van der Waals surface area (Å²) in [4.78, 5) is 10.3. The second-order valence-corrected chi connectivity index (χ2v) is 7.61. The van der Waals surface area contributed by atoms with E-state index in [4.69, 9.17) is 5.26 Å². The van der Waals surface area contributed by atoms with E-state index in [1.807, 2.05) is 11.0 Å². The fourth-order valence-electron chi connectivity index (χ4n) is 2.97. The van der Waals surface area contributed by atoms with Gasteiger partial charge >= 0.3 is 0 Å². The van der Waals surface area contributed by atoms with Gasteiger partial charge in [-0.2, -0.15) is 5.26 Å². The number of hydrogen-bond donors (Lipinski definition) is 1. The summed E-state index contributed by atoms with van der Waals surface area (Å²) in [6.45, 7) is 1.16. The van der Waals surface area contributed by atoms with E-state index < -0.39 is 15.8 Å². The molecule has 2 aromatic rings. The van der Waals surface area contributed by atoms with Gasteiger partial charge in [0.15, 0.2) is 0 Å². The first-order valence-corrected chi connectivity index (χ1v) is 9.33. The van der Waals surface area contributed by atoms with E-state index >= 15 is 0 Å². The van der Waals surface area contributed by atoms with Crippen LogP contribution in [0.2, 0.25) is 0 Å². The lowest BCUT2D eigenvalue weighted by molar-refractivity contribution is 0.466. The summed E-state index contributed by atoms with van der Waals surface area (Å²) in [7, 11) is -3.29. The quantitative estimate of drug-likeness (QED) is 0.893. The number of aromatic nitrogens is 2. The maximum atomic E-state index is 13.8. The van der Waals surface area contributed by atoms with Crippen molar-refractivity contribution in [2.45, 2.75) is 18.9 Å². The Morgan fingerprint density at radius 1 is 1.42 bits per heavy atom. The van der Waals surface area contributed by atoms with E-state index in [1.54, 1.807) is 0 Å². The highest BCUT2D eigenvalue weighted by Crippen LogP contribution is 2.27. The molecule has 1 aromatic heterocycles. The van der Waals surface area contributed by atoms with Crippen LogP contribution in [0.4, 0.5) is 10.2 Å². The van der Waals surface area contributed by atoms with Crippen LogP contribution >= 0.6 is 0 Å². The predicted octanol–water partition coefficient (Wildman–Crippen LogP) is 1.16. The van der Waals surface area contributed by atoms with Gasteiger partial charge in [-0.05, 0) is 18.9 Å². The first kappa shape index (κ1) is 16.5. The number of benzene rings is 1. The zero-order valence-corrected chi connectivity index (χ0v) is 13.8. The Kier molecular flexibility index (Phi) is 4.34. The topological polar surface area (TPSA) is 99.0 Å². The molecule has 1 unspecified atom stereocenters. The summed E-state index contributed by atoms with van der Waals surface area (Å²) in [5.74, 6) is -0.0404. The average molecular weight is 349 g/mol. The van der Waals surface area contributed by atoms with E-state index in [0.717, 1.165) is 19.1 Å². The average Bonchev–Trinajstić information content (AvgIpc) is 2.52. The Morgan fingerprint density at radius 3 is 2.92 bits per heavy atom. The monoisotopic (exact) mass is 349 g/mol. The van der Waals surface area contributed by atoms with Gasteiger partial charge in [-0.25, -0.2) is 27.5 Å². The van der Waals surface area contributed by atoms with Crippen molar-refractivity contribution in [2.24, 2.45) is 0 Å². The number of sulfonamides is 1. The molecule has 1 saturated heterocycles. The predicted molar refractivity (Wildman–Crippen MR) is 87.4 cm³/mol. The van der Waals surface area contributed by atoms with Crippen LogP contribution in [0, 0.1) is 17.1 Å².